The maximum atomic E-state index is 3.89. The van der Waals surface area contributed by atoms with E-state index in [-0.39, 0.29) is 24.8 Å². The molecule has 0 aromatic rings. The van der Waals surface area contributed by atoms with Gasteiger partial charge in [0.1, 0.15) is 0 Å². The number of fused-ring (bicyclic) bond motifs is 2. The van der Waals surface area contributed by atoms with E-state index in [1.807, 2.05) is 0 Å². The van der Waals surface area contributed by atoms with Gasteiger partial charge in [-0.25, -0.2) is 0 Å². The van der Waals surface area contributed by atoms with E-state index in [2.05, 4.69) is 93.5 Å². The summed E-state index contributed by atoms with van der Waals surface area (Å²) in [6.45, 7) is 4.37. The van der Waals surface area contributed by atoms with Crippen LogP contribution in [0.3, 0.4) is 0 Å². The molecule has 23 heavy (non-hydrogen) atoms. The third-order valence-electron chi connectivity index (χ3n) is 3.76. The van der Waals surface area contributed by atoms with Gasteiger partial charge in [-0.05, 0) is 0 Å². The molecule has 2 aliphatic carbocycles. The molecule has 4 rings (SSSR count). The summed E-state index contributed by atoms with van der Waals surface area (Å²) >= 11 is 11.4. The van der Waals surface area contributed by atoms with E-state index < -0.39 is 23.2 Å². The van der Waals surface area contributed by atoms with Crippen LogP contribution in [0.4, 0.5) is 0 Å². The Morgan fingerprint density at radius 3 is 1.52 bits per heavy atom. The number of thioether (sulfide) groups is 2. The van der Waals surface area contributed by atoms with Crippen molar-refractivity contribution in [2.75, 3.05) is 0 Å². The van der Waals surface area contributed by atoms with Crippen molar-refractivity contribution >= 4 is 55.4 Å². The standard InChI is InChI=1S/2C8H6BrS.2ClH.Zr/c2*1-5-2-6-7(9)4-10-8(6)3-5;;;/h2*2-4H,1H3;2*1H;/q;;;;+2/p-2. The maximum Gasteiger partial charge on any atom is -1.00 e. The molecule has 4 aliphatic rings. The zero-order valence-electron chi connectivity index (χ0n) is 12.3. The second-order valence-corrected chi connectivity index (χ2v) is 15.2. The number of halogens is 4. The van der Waals surface area contributed by atoms with Crippen LogP contribution < -0.4 is 24.8 Å². The topological polar surface area (TPSA) is 0 Å². The van der Waals surface area contributed by atoms with Crippen molar-refractivity contribution in [2.24, 2.45) is 0 Å². The molecule has 2 atom stereocenters. The van der Waals surface area contributed by atoms with E-state index in [0.717, 1.165) is 0 Å². The van der Waals surface area contributed by atoms with Crippen molar-refractivity contribution < 1.29 is 48.0 Å². The van der Waals surface area contributed by atoms with Crippen LogP contribution in [-0.4, -0.2) is 5.92 Å². The minimum atomic E-state index is -0.587. The van der Waals surface area contributed by atoms with E-state index in [0.29, 0.717) is 5.92 Å². The molecule has 0 saturated heterocycles. The molecule has 2 unspecified atom stereocenters. The van der Waals surface area contributed by atoms with E-state index >= 15 is 0 Å². The first kappa shape index (κ1) is 20.9. The van der Waals surface area contributed by atoms with Crippen LogP contribution in [-0.2, 0) is 23.2 Å². The normalized spacial score (nSPS) is 27.5. The van der Waals surface area contributed by atoms with Gasteiger partial charge in [-0.1, -0.05) is 0 Å². The van der Waals surface area contributed by atoms with Gasteiger partial charge in [0.05, 0.1) is 0 Å². The van der Waals surface area contributed by atoms with Crippen LogP contribution in [0.15, 0.2) is 65.4 Å². The van der Waals surface area contributed by atoms with E-state index in [1.165, 1.54) is 41.1 Å². The fourth-order valence-corrected chi connectivity index (χ4v) is 15.2. The van der Waals surface area contributed by atoms with Crippen molar-refractivity contribution in [2.45, 2.75) is 19.8 Å². The second kappa shape index (κ2) is 8.07. The average Bonchev–Trinajstić information content (AvgIpc) is 3.10. The number of rotatable bonds is 2. The molecule has 0 aromatic heterocycles. The molecule has 0 bridgehead atoms. The first-order valence-corrected chi connectivity index (χ1v) is 12.9. The predicted molar refractivity (Wildman–Crippen MR) is 98.3 cm³/mol. The molecule has 7 heteroatoms. The third kappa shape index (κ3) is 3.82. The van der Waals surface area contributed by atoms with Gasteiger partial charge in [-0.3, -0.25) is 0 Å². The van der Waals surface area contributed by atoms with Gasteiger partial charge >= 0.3 is 164 Å². The molecule has 0 N–H and O–H groups in total. The van der Waals surface area contributed by atoms with Gasteiger partial charge in [0.25, 0.3) is 0 Å². The number of hydrogen-bond donors (Lipinski definition) is 0. The zero-order valence-corrected chi connectivity index (χ0v) is 21.1. The largest absolute Gasteiger partial charge is 1.00 e. The minimum Gasteiger partial charge on any atom is -1.00 e. The zero-order chi connectivity index (χ0) is 14.7. The first-order valence-electron chi connectivity index (χ1n) is 6.72. The Hall–Kier alpha value is 1.56. The maximum absolute atomic E-state index is 3.89. The van der Waals surface area contributed by atoms with Crippen LogP contribution in [0, 0.1) is 0 Å². The van der Waals surface area contributed by atoms with Gasteiger partial charge in [0.15, 0.2) is 0 Å². The molecule has 0 fully saturated rings. The first-order chi connectivity index (χ1) is 10.0. The smallest absolute Gasteiger partial charge is 1.00 e. The summed E-state index contributed by atoms with van der Waals surface area (Å²) in [6.07, 6.45) is 9.31. The van der Waals surface area contributed by atoms with Crippen molar-refractivity contribution in [3.8, 4) is 0 Å². The van der Waals surface area contributed by atoms with Crippen molar-refractivity contribution in [3.05, 3.63) is 65.4 Å². The number of hydrogen-bond acceptors (Lipinski definition) is 2. The summed E-state index contributed by atoms with van der Waals surface area (Å²) < 4.78 is 4.33. The molecule has 2 heterocycles. The van der Waals surface area contributed by atoms with Crippen molar-refractivity contribution in [3.63, 3.8) is 0 Å². The minimum absolute atomic E-state index is 0. The SMILES string of the molecule is CC1=CC2=C(Br)[CH]([Zr+2][CH]3SC4=CC(C)=CC4=C3Br)SC2=C1.[Cl-].[Cl-]. The van der Waals surface area contributed by atoms with Crippen molar-refractivity contribution in [1.29, 1.82) is 0 Å². The fraction of sp³-hybridized carbons (Fsp3) is 0.250. The van der Waals surface area contributed by atoms with Crippen LogP contribution in [0.1, 0.15) is 13.8 Å². The molecular formula is C16H12Br2Cl2S2Zr. The Balaban J connectivity index is 0.000000960. The average molecular weight is 590 g/mol. The Morgan fingerprint density at radius 2 is 1.17 bits per heavy atom. The Morgan fingerprint density at radius 1 is 0.783 bits per heavy atom. The third-order valence-corrected chi connectivity index (χ3v) is 16.6. The van der Waals surface area contributed by atoms with Crippen LogP contribution >= 0.6 is 55.4 Å². The van der Waals surface area contributed by atoms with Gasteiger partial charge in [-0.15, -0.1) is 0 Å². The quantitative estimate of drug-likeness (QED) is 0.452. The molecule has 0 nitrogen and oxygen atoms in total. The molecule has 120 valence electrons. The van der Waals surface area contributed by atoms with Crippen LogP contribution in [0.2, 0.25) is 0 Å². The Bertz CT molecular complexity index is 685. The van der Waals surface area contributed by atoms with Gasteiger partial charge in [0, 0.05) is 0 Å². The van der Waals surface area contributed by atoms with E-state index in [9.17, 15) is 0 Å². The molecule has 0 spiro atoms. The summed E-state index contributed by atoms with van der Waals surface area (Å²) in [6, 6.07) is 0. The van der Waals surface area contributed by atoms with Crippen LogP contribution in [0.5, 0.6) is 0 Å². The molecule has 0 radical (unpaired) electrons. The Kier molecular flexibility index (Phi) is 7.32. The Labute approximate surface area is 186 Å². The summed E-state index contributed by atoms with van der Waals surface area (Å²) in [5.74, 6) is 0. The molecule has 0 amide bonds. The van der Waals surface area contributed by atoms with Gasteiger partial charge in [0.2, 0.25) is 0 Å². The van der Waals surface area contributed by atoms with Crippen LogP contribution in [0.25, 0.3) is 0 Å². The summed E-state index contributed by atoms with van der Waals surface area (Å²) in [7, 11) is 0. The number of allylic oxidation sites excluding steroid dienone is 8. The predicted octanol–water partition coefficient (Wildman–Crippen LogP) is 0.208. The summed E-state index contributed by atoms with van der Waals surface area (Å²) in [4.78, 5) is 2.96. The molecule has 0 aromatic carbocycles. The molecule has 0 saturated carbocycles. The monoisotopic (exact) mass is 586 g/mol. The molecule has 2 aliphatic heterocycles. The second-order valence-electron chi connectivity index (χ2n) is 5.48. The van der Waals surface area contributed by atoms with E-state index in [4.69, 9.17) is 0 Å². The van der Waals surface area contributed by atoms with Gasteiger partial charge < -0.3 is 24.8 Å². The summed E-state index contributed by atoms with van der Waals surface area (Å²) in [5.41, 5.74) is 5.66. The molecular weight excluding hydrogens is 578 g/mol. The fourth-order valence-electron chi connectivity index (χ4n) is 2.81. The summed E-state index contributed by atoms with van der Waals surface area (Å²) in [5, 5.41) is 0. The van der Waals surface area contributed by atoms with E-state index in [1.54, 1.807) is 0 Å². The van der Waals surface area contributed by atoms with Gasteiger partial charge in [-0.2, -0.15) is 0 Å². The van der Waals surface area contributed by atoms with Crippen molar-refractivity contribution in [1.82, 2.24) is 0 Å².